The number of aryl methyl sites for hydroxylation is 2. The van der Waals surface area contributed by atoms with Gasteiger partial charge in [-0.2, -0.15) is 0 Å². The molecular weight excluding hydrogens is 318 g/mol. The van der Waals surface area contributed by atoms with E-state index in [1.54, 1.807) is 0 Å². The molecule has 4 heteroatoms. The van der Waals surface area contributed by atoms with Gasteiger partial charge in [-0.05, 0) is 44.4 Å². The third-order valence-electron chi connectivity index (χ3n) is 4.62. The Bertz CT molecular complexity index is 732. The molecule has 0 radical (unpaired) electrons. The van der Waals surface area contributed by atoms with Crippen molar-refractivity contribution in [1.82, 2.24) is 4.90 Å². The zero-order valence-electron chi connectivity index (χ0n) is 14.2. The Morgan fingerprint density at radius 3 is 2.50 bits per heavy atom. The summed E-state index contributed by atoms with van der Waals surface area (Å²) in [7, 11) is 0. The molecule has 126 valence electrons. The Kier molecular flexibility index (Phi) is 5.14. The SMILES string of the molecule is Cc1ccc(C2CCCN2C(=O)CCC(=O)c2ccc(C)s2)cc1. The van der Waals surface area contributed by atoms with Crippen molar-refractivity contribution in [3.63, 3.8) is 0 Å². The first kappa shape index (κ1) is 16.9. The smallest absolute Gasteiger partial charge is 0.223 e. The molecule has 1 aliphatic rings. The second-order valence-electron chi connectivity index (χ2n) is 6.49. The van der Waals surface area contributed by atoms with Crippen LogP contribution in [-0.4, -0.2) is 23.1 Å². The maximum atomic E-state index is 12.6. The van der Waals surface area contributed by atoms with Gasteiger partial charge in [0, 0.05) is 24.3 Å². The van der Waals surface area contributed by atoms with Crippen LogP contribution < -0.4 is 0 Å². The molecule has 2 heterocycles. The van der Waals surface area contributed by atoms with Gasteiger partial charge in [0.15, 0.2) is 5.78 Å². The topological polar surface area (TPSA) is 37.4 Å². The number of thiophene rings is 1. The largest absolute Gasteiger partial charge is 0.336 e. The lowest BCUT2D eigenvalue weighted by molar-refractivity contribution is -0.132. The average Bonchev–Trinajstić information content (AvgIpc) is 3.22. The van der Waals surface area contributed by atoms with Gasteiger partial charge in [-0.15, -0.1) is 11.3 Å². The van der Waals surface area contributed by atoms with Gasteiger partial charge in [0.2, 0.25) is 5.91 Å². The number of rotatable bonds is 5. The van der Waals surface area contributed by atoms with E-state index >= 15 is 0 Å². The highest BCUT2D eigenvalue weighted by Gasteiger charge is 2.29. The number of Topliss-reactive ketones (excluding diaryl/α,β-unsaturated/α-hetero) is 1. The molecule has 1 unspecified atom stereocenters. The quantitative estimate of drug-likeness (QED) is 0.740. The predicted octanol–water partition coefficient (Wildman–Crippen LogP) is 4.69. The number of hydrogen-bond acceptors (Lipinski definition) is 3. The maximum absolute atomic E-state index is 12.6. The van der Waals surface area contributed by atoms with Crippen LogP contribution in [0.4, 0.5) is 0 Å². The van der Waals surface area contributed by atoms with Gasteiger partial charge in [-0.3, -0.25) is 9.59 Å². The zero-order chi connectivity index (χ0) is 17.1. The molecular formula is C20H23NO2S. The maximum Gasteiger partial charge on any atom is 0.223 e. The van der Waals surface area contributed by atoms with Crippen molar-refractivity contribution in [2.45, 2.75) is 45.6 Å². The molecule has 0 N–H and O–H groups in total. The molecule has 24 heavy (non-hydrogen) atoms. The van der Waals surface area contributed by atoms with E-state index in [-0.39, 0.29) is 17.7 Å². The predicted molar refractivity (Wildman–Crippen MR) is 97.5 cm³/mol. The van der Waals surface area contributed by atoms with Gasteiger partial charge in [-0.25, -0.2) is 0 Å². The summed E-state index contributed by atoms with van der Waals surface area (Å²) < 4.78 is 0. The van der Waals surface area contributed by atoms with Crippen molar-refractivity contribution < 1.29 is 9.59 Å². The van der Waals surface area contributed by atoms with Crippen molar-refractivity contribution in [3.8, 4) is 0 Å². The van der Waals surface area contributed by atoms with Gasteiger partial charge in [0.1, 0.15) is 0 Å². The van der Waals surface area contributed by atoms with Gasteiger partial charge < -0.3 is 4.90 Å². The Hall–Kier alpha value is -1.94. The Morgan fingerprint density at radius 1 is 1.08 bits per heavy atom. The van der Waals surface area contributed by atoms with E-state index < -0.39 is 0 Å². The summed E-state index contributed by atoms with van der Waals surface area (Å²) in [5.74, 6) is 0.173. The highest BCUT2D eigenvalue weighted by atomic mass is 32.1. The third-order valence-corrected chi connectivity index (χ3v) is 5.66. The normalized spacial score (nSPS) is 17.2. The molecule has 1 atom stereocenters. The number of benzene rings is 1. The summed E-state index contributed by atoms with van der Waals surface area (Å²) in [6.07, 6.45) is 2.64. The zero-order valence-corrected chi connectivity index (χ0v) is 15.1. The number of nitrogens with zero attached hydrogens (tertiary/aromatic N) is 1. The van der Waals surface area contributed by atoms with Crippen LogP contribution >= 0.6 is 11.3 Å². The number of hydrogen-bond donors (Lipinski definition) is 0. The van der Waals surface area contributed by atoms with Crippen LogP contribution in [0.15, 0.2) is 36.4 Å². The van der Waals surface area contributed by atoms with Crippen LogP contribution in [0.2, 0.25) is 0 Å². The Morgan fingerprint density at radius 2 is 1.83 bits per heavy atom. The van der Waals surface area contributed by atoms with Crippen molar-refractivity contribution in [3.05, 3.63) is 57.3 Å². The van der Waals surface area contributed by atoms with Crippen LogP contribution in [0.3, 0.4) is 0 Å². The minimum absolute atomic E-state index is 0.0764. The molecule has 0 bridgehead atoms. The molecule has 3 nitrogen and oxygen atoms in total. The molecule has 1 aromatic carbocycles. The minimum Gasteiger partial charge on any atom is -0.336 e. The standard InChI is InChI=1S/C20H23NO2S/c1-14-5-8-16(9-6-14)17-4-3-13-21(17)20(23)12-10-18(22)19-11-7-15(2)24-19/h5-9,11,17H,3-4,10,12-13H2,1-2H3. The highest BCUT2D eigenvalue weighted by molar-refractivity contribution is 7.14. The van der Waals surface area contributed by atoms with E-state index in [4.69, 9.17) is 0 Å². The van der Waals surface area contributed by atoms with Crippen LogP contribution in [0.25, 0.3) is 0 Å². The second-order valence-corrected chi connectivity index (χ2v) is 7.78. The first-order valence-electron chi connectivity index (χ1n) is 8.50. The molecule has 0 saturated carbocycles. The van der Waals surface area contributed by atoms with Crippen molar-refractivity contribution >= 4 is 23.0 Å². The van der Waals surface area contributed by atoms with Gasteiger partial charge in [0.05, 0.1) is 10.9 Å². The van der Waals surface area contributed by atoms with E-state index in [2.05, 4.69) is 31.2 Å². The lowest BCUT2D eigenvalue weighted by Crippen LogP contribution is -2.30. The van der Waals surface area contributed by atoms with E-state index in [1.807, 2.05) is 24.0 Å². The van der Waals surface area contributed by atoms with Crippen LogP contribution in [-0.2, 0) is 4.79 Å². The number of carbonyl (C=O) groups excluding carboxylic acids is 2. The van der Waals surface area contributed by atoms with Crippen LogP contribution in [0.5, 0.6) is 0 Å². The molecule has 3 rings (SSSR count). The van der Waals surface area contributed by atoms with E-state index in [1.165, 1.54) is 22.5 Å². The molecule has 0 aliphatic carbocycles. The minimum atomic E-state index is 0.0764. The first-order chi connectivity index (χ1) is 11.5. The lowest BCUT2D eigenvalue weighted by Gasteiger charge is -2.25. The number of carbonyl (C=O) groups is 2. The fourth-order valence-corrected chi connectivity index (χ4v) is 4.11. The van der Waals surface area contributed by atoms with Crippen molar-refractivity contribution in [2.24, 2.45) is 0 Å². The number of amides is 1. The van der Waals surface area contributed by atoms with Crippen LogP contribution in [0.1, 0.15) is 57.4 Å². The van der Waals surface area contributed by atoms with Gasteiger partial charge in [-0.1, -0.05) is 29.8 Å². The fourth-order valence-electron chi connectivity index (χ4n) is 3.27. The van der Waals surface area contributed by atoms with E-state index in [0.717, 1.165) is 29.1 Å². The van der Waals surface area contributed by atoms with Crippen molar-refractivity contribution in [1.29, 1.82) is 0 Å². The monoisotopic (exact) mass is 341 g/mol. The molecule has 1 saturated heterocycles. The first-order valence-corrected chi connectivity index (χ1v) is 9.32. The highest BCUT2D eigenvalue weighted by Crippen LogP contribution is 2.32. The molecule has 1 amide bonds. The summed E-state index contributed by atoms with van der Waals surface area (Å²) in [6.45, 7) is 4.85. The summed E-state index contributed by atoms with van der Waals surface area (Å²) in [4.78, 5) is 28.7. The van der Waals surface area contributed by atoms with Crippen LogP contribution in [0, 0.1) is 13.8 Å². The third kappa shape index (κ3) is 3.75. The molecule has 1 aliphatic heterocycles. The molecule has 0 spiro atoms. The molecule has 2 aromatic rings. The van der Waals surface area contributed by atoms with Gasteiger partial charge >= 0.3 is 0 Å². The van der Waals surface area contributed by atoms with Crippen molar-refractivity contribution in [2.75, 3.05) is 6.54 Å². The average molecular weight is 341 g/mol. The van der Waals surface area contributed by atoms with E-state index in [0.29, 0.717) is 12.8 Å². The molecule has 1 fully saturated rings. The fraction of sp³-hybridized carbons (Fsp3) is 0.400. The Balaban J connectivity index is 1.61. The van der Waals surface area contributed by atoms with Gasteiger partial charge in [0.25, 0.3) is 0 Å². The number of likely N-dealkylation sites (tertiary alicyclic amines) is 1. The molecule has 1 aromatic heterocycles. The number of ketones is 1. The lowest BCUT2D eigenvalue weighted by atomic mass is 10.0. The summed E-state index contributed by atoms with van der Waals surface area (Å²) in [6, 6.07) is 12.4. The summed E-state index contributed by atoms with van der Waals surface area (Å²) in [5, 5.41) is 0. The summed E-state index contributed by atoms with van der Waals surface area (Å²) >= 11 is 1.50. The van der Waals surface area contributed by atoms with E-state index in [9.17, 15) is 9.59 Å². The second kappa shape index (κ2) is 7.31. The Labute approximate surface area is 147 Å². The summed E-state index contributed by atoms with van der Waals surface area (Å²) in [5.41, 5.74) is 2.43.